The summed E-state index contributed by atoms with van der Waals surface area (Å²) in [5.74, 6) is 1.38. The Morgan fingerprint density at radius 2 is 1.79 bits per heavy atom. The Bertz CT molecular complexity index is 1450. The van der Waals surface area contributed by atoms with Crippen molar-refractivity contribution in [3.8, 4) is 23.0 Å². The summed E-state index contributed by atoms with van der Waals surface area (Å²) in [7, 11) is 0. The molecule has 0 radical (unpaired) electrons. The summed E-state index contributed by atoms with van der Waals surface area (Å²) in [6.45, 7) is 4.01. The van der Waals surface area contributed by atoms with Crippen molar-refractivity contribution < 1.29 is 17.6 Å². The van der Waals surface area contributed by atoms with E-state index >= 15 is 0 Å². The van der Waals surface area contributed by atoms with Crippen LogP contribution in [0.3, 0.4) is 0 Å². The molecule has 7 nitrogen and oxygen atoms in total. The van der Waals surface area contributed by atoms with Gasteiger partial charge in [-0.05, 0) is 43.1 Å². The second-order valence-corrected chi connectivity index (χ2v) is 8.33. The van der Waals surface area contributed by atoms with Crippen molar-refractivity contribution >= 4 is 22.8 Å². The normalized spacial score (nSPS) is 12.2. The van der Waals surface area contributed by atoms with Crippen LogP contribution in [0.5, 0.6) is 0 Å². The number of benzene rings is 1. The molecular formula is C23H18ClF3N6O. The van der Waals surface area contributed by atoms with Crippen LogP contribution in [-0.4, -0.2) is 29.1 Å². The first-order valence-corrected chi connectivity index (χ1v) is 10.8. The van der Waals surface area contributed by atoms with E-state index in [1.807, 2.05) is 30.5 Å². The first-order valence-electron chi connectivity index (χ1n) is 10.4. The molecule has 0 N–H and O–H groups in total. The zero-order valence-electron chi connectivity index (χ0n) is 18.1. The van der Waals surface area contributed by atoms with Gasteiger partial charge in [0.1, 0.15) is 11.3 Å². The third-order valence-electron chi connectivity index (χ3n) is 5.33. The number of hydrogen-bond acceptors (Lipinski definition) is 5. The summed E-state index contributed by atoms with van der Waals surface area (Å²) in [5.41, 5.74) is 1.65. The monoisotopic (exact) mass is 486 g/mol. The number of rotatable bonds is 5. The fourth-order valence-corrected chi connectivity index (χ4v) is 3.85. The van der Waals surface area contributed by atoms with Gasteiger partial charge in [-0.15, -0.1) is 0 Å². The van der Waals surface area contributed by atoms with Crippen LogP contribution in [0.2, 0.25) is 5.28 Å². The number of aromatic nitrogens is 6. The van der Waals surface area contributed by atoms with Crippen molar-refractivity contribution in [2.24, 2.45) is 0 Å². The van der Waals surface area contributed by atoms with E-state index in [-0.39, 0.29) is 17.1 Å². The predicted molar refractivity (Wildman–Crippen MR) is 120 cm³/mol. The number of imidazole rings is 2. The summed E-state index contributed by atoms with van der Waals surface area (Å²) in [4.78, 5) is 16.7. The van der Waals surface area contributed by atoms with E-state index in [0.717, 1.165) is 11.8 Å². The average Bonchev–Trinajstić information content (AvgIpc) is 3.53. The molecule has 4 aromatic heterocycles. The number of fused-ring (bicyclic) bond motifs is 1. The van der Waals surface area contributed by atoms with Crippen molar-refractivity contribution in [2.75, 3.05) is 0 Å². The highest BCUT2D eigenvalue weighted by Crippen LogP contribution is 2.33. The Labute approximate surface area is 196 Å². The molecule has 0 spiro atoms. The molecule has 34 heavy (non-hydrogen) atoms. The molecule has 0 aliphatic rings. The Morgan fingerprint density at radius 1 is 1.03 bits per heavy atom. The van der Waals surface area contributed by atoms with Gasteiger partial charge in [0.15, 0.2) is 22.9 Å². The molecule has 0 saturated carbocycles. The highest BCUT2D eigenvalue weighted by molar-refractivity contribution is 6.28. The lowest BCUT2D eigenvalue weighted by molar-refractivity contribution is -0.140. The van der Waals surface area contributed by atoms with Gasteiger partial charge in [-0.3, -0.25) is 0 Å². The maximum Gasteiger partial charge on any atom is 0.434 e. The van der Waals surface area contributed by atoms with Gasteiger partial charge in [0, 0.05) is 17.8 Å². The molecule has 174 valence electrons. The zero-order valence-corrected chi connectivity index (χ0v) is 18.8. The smallest absolute Gasteiger partial charge is 0.434 e. The van der Waals surface area contributed by atoms with Gasteiger partial charge < -0.3 is 13.6 Å². The number of alkyl halides is 3. The molecule has 1 aromatic carbocycles. The molecule has 5 aromatic rings. The summed E-state index contributed by atoms with van der Waals surface area (Å²) >= 11 is 6.01. The van der Waals surface area contributed by atoms with E-state index in [1.54, 1.807) is 36.7 Å². The molecule has 0 aliphatic carbocycles. The fraction of sp³-hybridized carbons (Fsp3) is 0.217. The zero-order chi connectivity index (χ0) is 24.0. The Morgan fingerprint density at radius 3 is 2.44 bits per heavy atom. The lowest BCUT2D eigenvalue weighted by atomic mass is 10.1. The molecule has 4 heterocycles. The predicted octanol–water partition coefficient (Wildman–Crippen LogP) is 6.25. The molecule has 0 fully saturated rings. The molecule has 0 atom stereocenters. The number of furan rings is 1. The van der Waals surface area contributed by atoms with Crippen molar-refractivity contribution in [3.63, 3.8) is 0 Å². The third-order valence-corrected chi connectivity index (χ3v) is 5.51. The van der Waals surface area contributed by atoms with Crippen LogP contribution in [0.25, 0.3) is 34.1 Å². The quantitative estimate of drug-likeness (QED) is 0.274. The first kappa shape index (κ1) is 22.1. The lowest BCUT2D eigenvalue weighted by Crippen LogP contribution is -2.05. The summed E-state index contributed by atoms with van der Waals surface area (Å²) in [5, 5.41) is 0.0935. The van der Waals surface area contributed by atoms with Crippen molar-refractivity contribution in [2.45, 2.75) is 32.6 Å². The van der Waals surface area contributed by atoms with Crippen LogP contribution in [0.1, 0.15) is 31.1 Å². The van der Waals surface area contributed by atoms with Crippen LogP contribution >= 0.6 is 11.6 Å². The van der Waals surface area contributed by atoms with E-state index in [1.165, 1.54) is 4.57 Å². The highest BCUT2D eigenvalue weighted by atomic mass is 35.5. The van der Waals surface area contributed by atoms with E-state index in [4.69, 9.17) is 16.0 Å². The van der Waals surface area contributed by atoms with Crippen LogP contribution in [0.4, 0.5) is 13.2 Å². The topological polar surface area (TPSA) is 74.6 Å². The van der Waals surface area contributed by atoms with E-state index in [0.29, 0.717) is 34.9 Å². The second kappa shape index (κ2) is 8.28. The lowest BCUT2D eigenvalue weighted by Gasteiger charge is -2.12. The first-order chi connectivity index (χ1) is 16.2. The Balaban J connectivity index is 1.52. The Hall–Kier alpha value is -3.66. The van der Waals surface area contributed by atoms with E-state index in [2.05, 4.69) is 19.9 Å². The van der Waals surface area contributed by atoms with Crippen molar-refractivity contribution in [1.82, 2.24) is 29.1 Å². The van der Waals surface area contributed by atoms with Crippen LogP contribution in [0, 0.1) is 0 Å². The third kappa shape index (κ3) is 4.05. The van der Waals surface area contributed by atoms with Gasteiger partial charge in [0.2, 0.25) is 5.28 Å². The molecule has 0 amide bonds. The minimum absolute atomic E-state index is 0.0935. The molecule has 0 aliphatic heterocycles. The number of halogens is 4. The highest BCUT2D eigenvalue weighted by Gasteiger charge is 2.35. The van der Waals surface area contributed by atoms with Gasteiger partial charge in [0.25, 0.3) is 0 Å². The van der Waals surface area contributed by atoms with Gasteiger partial charge >= 0.3 is 6.18 Å². The van der Waals surface area contributed by atoms with Gasteiger partial charge in [-0.2, -0.15) is 18.2 Å². The van der Waals surface area contributed by atoms with Crippen molar-refractivity contribution in [1.29, 1.82) is 0 Å². The molecule has 11 heteroatoms. The molecule has 0 unspecified atom stereocenters. The minimum Gasteiger partial charge on any atom is -0.461 e. The van der Waals surface area contributed by atoms with Gasteiger partial charge in [0.05, 0.1) is 19.0 Å². The molecular weight excluding hydrogens is 469 g/mol. The fourth-order valence-electron chi connectivity index (χ4n) is 3.72. The van der Waals surface area contributed by atoms with E-state index < -0.39 is 11.9 Å². The van der Waals surface area contributed by atoms with Crippen LogP contribution in [-0.2, 0) is 12.7 Å². The standard InChI is InChI=1S/C23H18ClF3N6O/c1-13(2)32-12-18(23(25,26)27)30-19(32)15-7-5-14(6-8-15)11-33-20-16(10-28-22(24)31-20)29-21(33)17-4-3-9-34-17/h3-10,12-13H,11H2,1-2H3. The minimum atomic E-state index is -4.51. The largest absolute Gasteiger partial charge is 0.461 e. The molecule has 5 rings (SSSR count). The van der Waals surface area contributed by atoms with Crippen LogP contribution < -0.4 is 0 Å². The summed E-state index contributed by atoms with van der Waals surface area (Å²) < 4.78 is 48.6. The number of hydrogen-bond donors (Lipinski definition) is 0. The maximum atomic E-state index is 13.2. The molecule has 0 saturated heterocycles. The Kier molecular flexibility index (Phi) is 5.40. The second-order valence-electron chi connectivity index (χ2n) is 7.99. The van der Waals surface area contributed by atoms with Crippen molar-refractivity contribution in [3.05, 3.63) is 71.6 Å². The van der Waals surface area contributed by atoms with Gasteiger partial charge in [-0.1, -0.05) is 24.3 Å². The SMILES string of the molecule is CC(C)n1cc(C(F)(F)F)nc1-c1ccc(Cn2c(-c3ccco3)nc3cnc(Cl)nc32)cc1. The van der Waals surface area contributed by atoms with Gasteiger partial charge in [-0.25, -0.2) is 15.0 Å². The maximum absolute atomic E-state index is 13.2. The summed E-state index contributed by atoms with van der Waals surface area (Å²) in [6, 6.07) is 10.5. The summed E-state index contributed by atoms with van der Waals surface area (Å²) in [6.07, 6.45) is -0.369. The average molecular weight is 487 g/mol. The molecule has 0 bridgehead atoms. The van der Waals surface area contributed by atoms with E-state index in [9.17, 15) is 13.2 Å². The number of nitrogens with zero attached hydrogens (tertiary/aromatic N) is 6. The van der Waals surface area contributed by atoms with Crippen LogP contribution in [0.15, 0.2) is 59.5 Å².